The van der Waals surface area contributed by atoms with Crippen LogP contribution in [0.3, 0.4) is 0 Å². The molecule has 0 radical (unpaired) electrons. The van der Waals surface area contributed by atoms with Crippen molar-refractivity contribution >= 4 is 28.6 Å². The van der Waals surface area contributed by atoms with Gasteiger partial charge in [0.05, 0.1) is 6.42 Å². The first-order valence-electron chi connectivity index (χ1n) is 9.93. The summed E-state index contributed by atoms with van der Waals surface area (Å²) in [6.45, 7) is 1.69. The molecule has 1 saturated heterocycles. The number of benzene rings is 3. The van der Waals surface area contributed by atoms with Gasteiger partial charge in [-0.05, 0) is 41.7 Å². The molecule has 0 bridgehead atoms. The zero-order chi connectivity index (χ0) is 21.1. The van der Waals surface area contributed by atoms with E-state index in [0.717, 1.165) is 26.9 Å². The number of rotatable bonds is 6. The molecule has 6 nitrogen and oxygen atoms in total. The van der Waals surface area contributed by atoms with E-state index in [-0.39, 0.29) is 6.42 Å². The molecule has 4 amide bonds. The SMILES string of the molecule is CC1(CCc2ccccc2)NC(=O)N(NC(=O)Cc2cccc3ccccc23)C1=O. The van der Waals surface area contributed by atoms with Gasteiger partial charge in [-0.1, -0.05) is 72.8 Å². The van der Waals surface area contributed by atoms with Crippen molar-refractivity contribution in [3.05, 3.63) is 83.9 Å². The fourth-order valence-electron chi connectivity index (χ4n) is 3.78. The molecular formula is C24H23N3O3. The van der Waals surface area contributed by atoms with E-state index in [0.29, 0.717) is 12.8 Å². The van der Waals surface area contributed by atoms with E-state index in [9.17, 15) is 14.4 Å². The molecule has 0 aliphatic carbocycles. The van der Waals surface area contributed by atoms with Crippen molar-refractivity contribution in [2.45, 2.75) is 31.7 Å². The first-order valence-corrected chi connectivity index (χ1v) is 9.93. The van der Waals surface area contributed by atoms with Crippen molar-refractivity contribution in [2.24, 2.45) is 0 Å². The van der Waals surface area contributed by atoms with Crippen molar-refractivity contribution < 1.29 is 14.4 Å². The van der Waals surface area contributed by atoms with E-state index < -0.39 is 23.4 Å². The molecule has 1 aliphatic rings. The maximum Gasteiger partial charge on any atom is 0.344 e. The molecule has 3 aromatic carbocycles. The van der Waals surface area contributed by atoms with Crippen LogP contribution >= 0.6 is 0 Å². The van der Waals surface area contributed by atoms with Gasteiger partial charge in [-0.15, -0.1) is 0 Å². The van der Waals surface area contributed by atoms with Gasteiger partial charge in [0, 0.05) is 0 Å². The molecule has 0 saturated carbocycles. The second kappa shape index (κ2) is 7.99. The van der Waals surface area contributed by atoms with Gasteiger partial charge in [0.25, 0.3) is 5.91 Å². The average Bonchev–Trinajstić information content (AvgIpc) is 2.97. The quantitative estimate of drug-likeness (QED) is 0.622. The number of imide groups is 1. The van der Waals surface area contributed by atoms with Crippen molar-refractivity contribution in [2.75, 3.05) is 0 Å². The minimum atomic E-state index is -1.06. The number of nitrogens with one attached hydrogen (secondary N) is 2. The number of nitrogens with zero attached hydrogens (tertiary/aromatic N) is 1. The molecule has 1 unspecified atom stereocenters. The summed E-state index contributed by atoms with van der Waals surface area (Å²) in [4.78, 5) is 37.9. The molecule has 0 aromatic heterocycles. The van der Waals surface area contributed by atoms with Crippen molar-refractivity contribution in [1.29, 1.82) is 0 Å². The second-order valence-corrected chi connectivity index (χ2v) is 7.74. The number of carbonyl (C=O) groups excluding carboxylic acids is 3. The van der Waals surface area contributed by atoms with Crippen molar-refractivity contribution in [1.82, 2.24) is 15.8 Å². The molecule has 1 heterocycles. The first kappa shape index (κ1) is 19.6. The summed E-state index contributed by atoms with van der Waals surface area (Å²) >= 11 is 0. The van der Waals surface area contributed by atoms with Crippen LogP contribution in [0.1, 0.15) is 24.5 Å². The van der Waals surface area contributed by atoms with E-state index in [2.05, 4.69) is 10.7 Å². The number of hydrogen-bond donors (Lipinski definition) is 2. The normalized spacial score (nSPS) is 18.5. The lowest BCUT2D eigenvalue weighted by Gasteiger charge is -2.21. The van der Waals surface area contributed by atoms with Gasteiger partial charge in [-0.2, -0.15) is 5.01 Å². The fourth-order valence-corrected chi connectivity index (χ4v) is 3.78. The van der Waals surface area contributed by atoms with E-state index in [1.165, 1.54) is 0 Å². The van der Waals surface area contributed by atoms with Crippen LogP contribution in [0, 0.1) is 0 Å². The van der Waals surface area contributed by atoms with Crippen LogP contribution in [0.4, 0.5) is 4.79 Å². The van der Waals surface area contributed by atoms with E-state index in [4.69, 9.17) is 0 Å². The average molecular weight is 401 g/mol. The van der Waals surface area contributed by atoms with Crippen molar-refractivity contribution in [3.8, 4) is 0 Å². The molecule has 6 heteroatoms. The maximum absolute atomic E-state index is 12.9. The summed E-state index contributed by atoms with van der Waals surface area (Å²) in [7, 11) is 0. The van der Waals surface area contributed by atoms with Crippen LogP contribution in [0.5, 0.6) is 0 Å². The van der Waals surface area contributed by atoms with Gasteiger partial charge in [0.1, 0.15) is 5.54 Å². The standard InChI is InChI=1S/C24H23N3O3/c1-24(15-14-17-8-3-2-4-9-17)22(29)27(23(30)25-24)26-21(28)16-19-12-7-11-18-10-5-6-13-20(18)19/h2-13H,14-16H2,1H3,(H,25,30)(H,26,28). The Bertz CT molecular complexity index is 1110. The molecule has 3 aromatic rings. The van der Waals surface area contributed by atoms with E-state index in [1.807, 2.05) is 72.8 Å². The zero-order valence-corrected chi connectivity index (χ0v) is 16.7. The van der Waals surface area contributed by atoms with E-state index in [1.54, 1.807) is 6.92 Å². The Morgan fingerprint density at radius 3 is 2.47 bits per heavy atom. The smallest absolute Gasteiger partial charge is 0.322 e. The van der Waals surface area contributed by atoms with E-state index >= 15 is 0 Å². The summed E-state index contributed by atoms with van der Waals surface area (Å²) in [5, 5.41) is 5.53. The largest absolute Gasteiger partial charge is 0.344 e. The number of urea groups is 1. The lowest BCUT2D eigenvalue weighted by Crippen LogP contribution is -2.49. The van der Waals surface area contributed by atoms with Crippen LogP contribution in [0.25, 0.3) is 10.8 Å². The number of fused-ring (bicyclic) bond motifs is 1. The molecule has 0 spiro atoms. The topological polar surface area (TPSA) is 78.5 Å². The van der Waals surface area contributed by atoms with Crippen LogP contribution in [0.2, 0.25) is 0 Å². The summed E-state index contributed by atoms with van der Waals surface area (Å²) in [5.41, 5.74) is 3.34. The molecule has 1 aliphatic heterocycles. The van der Waals surface area contributed by atoms with Gasteiger partial charge >= 0.3 is 6.03 Å². The molecule has 4 rings (SSSR count). The summed E-state index contributed by atoms with van der Waals surface area (Å²) < 4.78 is 0. The number of amides is 4. The first-order chi connectivity index (χ1) is 14.5. The third kappa shape index (κ3) is 3.89. The number of carbonyl (C=O) groups is 3. The van der Waals surface area contributed by atoms with Crippen molar-refractivity contribution in [3.63, 3.8) is 0 Å². The van der Waals surface area contributed by atoms with Crippen LogP contribution in [-0.4, -0.2) is 28.4 Å². The van der Waals surface area contributed by atoms with Crippen LogP contribution in [0.15, 0.2) is 72.8 Å². The fraction of sp³-hybridized carbons (Fsp3) is 0.208. The minimum absolute atomic E-state index is 0.0686. The summed E-state index contributed by atoms with van der Waals surface area (Å²) in [5.74, 6) is -0.864. The van der Waals surface area contributed by atoms with Gasteiger partial charge in [0.15, 0.2) is 0 Å². The highest BCUT2D eigenvalue weighted by molar-refractivity contribution is 6.07. The summed E-state index contributed by atoms with van der Waals surface area (Å²) in [6, 6.07) is 22.7. The highest BCUT2D eigenvalue weighted by Crippen LogP contribution is 2.23. The molecular weight excluding hydrogens is 378 g/mol. The molecule has 30 heavy (non-hydrogen) atoms. The molecule has 152 valence electrons. The Hall–Kier alpha value is -3.67. The lowest BCUT2D eigenvalue weighted by atomic mass is 9.93. The number of hydrazine groups is 1. The van der Waals surface area contributed by atoms with Gasteiger partial charge < -0.3 is 5.32 Å². The Kier molecular flexibility index (Phi) is 5.23. The Balaban J connectivity index is 1.43. The van der Waals surface area contributed by atoms with Crippen LogP contribution < -0.4 is 10.7 Å². The Morgan fingerprint density at radius 2 is 1.67 bits per heavy atom. The predicted octanol–water partition coefficient (Wildman–Crippen LogP) is 3.36. The highest BCUT2D eigenvalue weighted by atomic mass is 16.2. The van der Waals surface area contributed by atoms with Gasteiger partial charge in [0.2, 0.25) is 5.91 Å². The second-order valence-electron chi connectivity index (χ2n) is 7.74. The number of aryl methyl sites for hydroxylation is 1. The van der Waals surface area contributed by atoms with Crippen LogP contribution in [-0.2, 0) is 22.4 Å². The minimum Gasteiger partial charge on any atom is -0.322 e. The van der Waals surface area contributed by atoms with Gasteiger partial charge in [-0.3, -0.25) is 15.0 Å². The third-order valence-corrected chi connectivity index (χ3v) is 5.48. The Labute approximate surface area is 174 Å². The monoisotopic (exact) mass is 401 g/mol. The zero-order valence-electron chi connectivity index (χ0n) is 16.7. The highest BCUT2D eigenvalue weighted by Gasteiger charge is 2.48. The molecule has 1 fully saturated rings. The maximum atomic E-state index is 12.9. The number of hydrogen-bond acceptors (Lipinski definition) is 3. The summed E-state index contributed by atoms with van der Waals surface area (Å²) in [6.07, 6.45) is 1.15. The predicted molar refractivity (Wildman–Crippen MR) is 114 cm³/mol. The lowest BCUT2D eigenvalue weighted by molar-refractivity contribution is -0.138. The Morgan fingerprint density at radius 1 is 0.967 bits per heavy atom. The third-order valence-electron chi connectivity index (χ3n) is 5.48. The molecule has 1 atom stereocenters. The molecule has 2 N–H and O–H groups in total. The van der Waals surface area contributed by atoms with Gasteiger partial charge in [-0.25, -0.2) is 4.79 Å².